The Morgan fingerprint density at radius 2 is 1.71 bits per heavy atom. The fourth-order valence-corrected chi connectivity index (χ4v) is 3.36. The van der Waals surface area contributed by atoms with Gasteiger partial charge in [-0.2, -0.15) is 0 Å². The van der Waals surface area contributed by atoms with Crippen molar-refractivity contribution < 1.29 is 4.74 Å². The number of rotatable bonds is 4. The van der Waals surface area contributed by atoms with Crippen LogP contribution in [0.25, 0.3) is 22.0 Å². The average molecular weight is 412 g/mol. The summed E-state index contributed by atoms with van der Waals surface area (Å²) in [6.45, 7) is 1.86. The molecule has 0 saturated carbocycles. The molecule has 0 bridgehead atoms. The third kappa shape index (κ3) is 3.32. The highest BCUT2D eigenvalue weighted by atomic mass is 35.5. The maximum atomic E-state index is 6.42. The normalized spacial score (nSPS) is 12.1. The van der Waals surface area contributed by atoms with Crippen LogP contribution in [0.15, 0.2) is 55.1 Å². The first-order valence-corrected chi connectivity index (χ1v) is 9.23. The smallest absolute Gasteiger partial charge is 0.168 e. The molecule has 0 spiro atoms. The van der Waals surface area contributed by atoms with Gasteiger partial charge in [0.25, 0.3) is 0 Å². The molecule has 0 aliphatic carbocycles. The van der Waals surface area contributed by atoms with Crippen LogP contribution in [-0.2, 0) is 0 Å². The Kier molecular flexibility index (Phi) is 4.98. The molecule has 8 heteroatoms. The number of ether oxygens (including phenoxy) is 1. The second kappa shape index (κ2) is 7.58. The molecule has 4 aromatic rings. The van der Waals surface area contributed by atoms with Crippen molar-refractivity contribution in [3.05, 3.63) is 71.0 Å². The van der Waals surface area contributed by atoms with Crippen molar-refractivity contribution >= 4 is 39.9 Å². The van der Waals surface area contributed by atoms with Crippen molar-refractivity contribution in [2.24, 2.45) is 0 Å². The molecule has 2 aromatic heterocycles. The molecule has 0 aliphatic heterocycles. The van der Waals surface area contributed by atoms with E-state index in [1.165, 1.54) is 6.33 Å². The minimum absolute atomic E-state index is 0.307. The van der Waals surface area contributed by atoms with Crippen molar-refractivity contribution in [1.82, 2.24) is 19.9 Å². The minimum Gasteiger partial charge on any atom is -0.482 e. The summed E-state index contributed by atoms with van der Waals surface area (Å²) < 4.78 is 6.10. The van der Waals surface area contributed by atoms with Crippen LogP contribution in [0.5, 0.6) is 5.75 Å². The molecule has 4 rings (SSSR count). The van der Waals surface area contributed by atoms with Gasteiger partial charge in [0, 0.05) is 23.5 Å². The van der Waals surface area contributed by atoms with Crippen LogP contribution in [-0.4, -0.2) is 19.9 Å². The van der Waals surface area contributed by atoms with Gasteiger partial charge in [0.15, 0.2) is 11.9 Å². The lowest BCUT2D eigenvalue weighted by atomic mass is 10.0. The first-order chi connectivity index (χ1) is 13.6. The molecule has 0 aliphatic rings. The van der Waals surface area contributed by atoms with E-state index < -0.39 is 0 Å². The molecular weight excluding hydrogens is 397 g/mol. The third-order valence-corrected chi connectivity index (χ3v) is 5.09. The van der Waals surface area contributed by atoms with E-state index in [1.54, 1.807) is 24.5 Å². The van der Waals surface area contributed by atoms with E-state index in [1.807, 2.05) is 31.2 Å². The van der Waals surface area contributed by atoms with Gasteiger partial charge in [0.1, 0.15) is 17.9 Å². The van der Waals surface area contributed by atoms with E-state index in [0.717, 1.165) is 11.1 Å². The van der Waals surface area contributed by atoms with E-state index in [9.17, 15) is 0 Å². The molecule has 0 fully saturated rings. The van der Waals surface area contributed by atoms with Gasteiger partial charge in [-0.05, 0) is 31.2 Å². The lowest BCUT2D eigenvalue weighted by Crippen LogP contribution is -2.08. The number of aromatic nitrogens is 4. The summed E-state index contributed by atoms with van der Waals surface area (Å²) in [5.41, 5.74) is 8.32. The quantitative estimate of drug-likeness (QED) is 0.501. The molecule has 1 atom stereocenters. The molecule has 2 N–H and O–H groups in total. The molecule has 0 radical (unpaired) electrons. The fraction of sp³-hybridized carbons (Fsp3) is 0.100. The monoisotopic (exact) mass is 411 g/mol. The van der Waals surface area contributed by atoms with Crippen molar-refractivity contribution in [3.8, 4) is 16.9 Å². The van der Waals surface area contributed by atoms with Crippen molar-refractivity contribution in [1.29, 1.82) is 0 Å². The zero-order valence-corrected chi connectivity index (χ0v) is 16.3. The van der Waals surface area contributed by atoms with E-state index in [0.29, 0.717) is 38.3 Å². The van der Waals surface area contributed by atoms with Crippen LogP contribution in [0.3, 0.4) is 0 Å². The second-order valence-electron chi connectivity index (χ2n) is 6.06. The lowest BCUT2D eigenvalue weighted by molar-refractivity contribution is 0.219. The fourth-order valence-electron chi connectivity index (χ4n) is 2.96. The summed E-state index contributed by atoms with van der Waals surface area (Å²) in [7, 11) is 0. The number of nitrogen functional groups attached to an aromatic ring is 1. The van der Waals surface area contributed by atoms with Gasteiger partial charge in [-0.1, -0.05) is 35.3 Å². The summed E-state index contributed by atoms with van der Waals surface area (Å²) in [4.78, 5) is 17.0. The SMILES string of the molecule is C[C@@H](Oc1ccc(-c2cccc(Cl)c2Cl)c2ncnc(N)c12)c1ncccn1. The van der Waals surface area contributed by atoms with E-state index in [2.05, 4.69) is 19.9 Å². The zero-order chi connectivity index (χ0) is 19.7. The first kappa shape index (κ1) is 18.4. The highest BCUT2D eigenvalue weighted by molar-refractivity contribution is 6.44. The van der Waals surface area contributed by atoms with Gasteiger partial charge in [0.05, 0.1) is 20.9 Å². The van der Waals surface area contributed by atoms with Gasteiger partial charge >= 0.3 is 0 Å². The molecule has 0 saturated heterocycles. The van der Waals surface area contributed by atoms with E-state index in [-0.39, 0.29) is 6.10 Å². The lowest BCUT2D eigenvalue weighted by Gasteiger charge is -2.17. The average Bonchev–Trinajstić information content (AvgIpc) is 2.71. The number of benzene rings is 2. The Hall–Kier alpha value is -2.96. The van der Waals surface area contributed by atoms with Crippen LogP contribution in [0.1, 0.15) is 18.9 Å². The Labute approximate surface area is 171 Å². The molecule has 0 amide bonds. The van der Waals surface area contributed by atoms with Gasteiger partial charge < -0.3 is 10.5 Å². The Bertz CT molecular complexity index is 1150. The van der Waals surface area contributed by atoms with E-state index in [4.69, 9.17) is 33.7 Å². The van der Waals surface area contributed by atoms with Crippen molar-refractivity contribution in [2.75, 3.05) is 5.73 Å². The number of nitrogens with zero attached hydrogens (tertiary/aromatic N) is 4. The number of fused-ring (bicyclic) bond motifs is 1. The van der Waals surface area contributed by atoms with Gasteiger partial charge in [-0.15, -0.1) is 0 Å². The Morgan fingerprint density at radius 3 is 2.50 bits per heavy atom. The van der Waals surface area contributed by atoms with Crippen LogP contribution >= 0.6 is 23.2 Å². The van der Waals surface area contributed by atoms with Gasteiger partial charge in [-0.3, -0.25) is 0 Å². The maximum absolute atomic E-state index is 6.42. The summed E-state index contributed by atoms with van der Waals surface area (Å²) in [5, 5.41) is 1.51. The molecule has 140 valence electrons. The first-order valence-electron chi connectivity index (χ1n) is 8.47. The predicted molar refractivity (Wildman–Crippen MR) is 110 cm³/mol. The number of hydrogen-bond donors (Lipinski definition) is 1. The summed E-state index contributed by atoms with van der Waals surface area (Å²) in [5.74, 6) is 1.41. The molecular formula is C20H15Cl2N5O. The minimum atomic E-state index is -0.385. The van der Waals surface area contributed by atoms with Crippen LogP contribution in [0.2, 0.25) is 10.0 Å². The summed E-state index contributed by atoms with van der Waals surface area (Å²) >= 11 is 12.6. The van der Waals surface area contributed by atoms with Crippen LogP contribution < -0.4 is 10.5 Å². The van der Waals surface area contributed by atoms with E-state index >= 15 is 0 Å². The topological polar surface area (TPSA) is 86.8 Å². The predicted octanol–water partition coefficient (Wildman–Crippen LogP) is 5.12. The van der Waals surface area contributed by atoms with Gasteiger partial charge in [-0.25, -0.2) is 19.9 Å². The molecule has 0 unspecified atom stereocenters. The van der Waals surface area contributed by atoms with Crippen molar-refractivity contribution in [2.45, 2.75) is 13.0 Å². The zero-order valence-electron chi connectivity index (χ0n) is 14.8. The third-order valence-electron chi connectivity index (χ3n) is 4.27. The van der Waals surface area contributed by atoms with Gasteiger partial charge in [0.2, 0.25) is 0 Å². The summed E-state index contributed by atoms with van der Waals surface area (Å²) in [6, 6.07) is 10.9. The van der Waals surface area contributed by atoms with Crippen LogP contribution in [0, 0.1) is 0 Å². The standard InChI is InChI=1S/C20H15Cl2N5O/c1-11(20-24-8-3-9-25-20)28-15-7-6-13(12-4-2-5-14(21)17(12)22)18-16(15)19(23)27-10-26-18/h2-11H,1H3,(H2,23,26,27)/t11-/m1/s1. The number of halogens is 2. The molecule has 2 heterocycles. The molecule has 28 heavy (non-hydrogen) atoms. The number of anilines is 1. The second-order valence-corrected chi connectivity index (χ2v) is 6.85. The maximum Gasteiger partial charge on any atom is 0.168 e. The largest absolute Gasteiger partial charge is 0.482 e. The highest BCUT2D eigenvalue weighted by Crippen LogP contribution is 2.40. The molecule has 2 aromatic carbocycles. The Morgan fingerprint density at radius 1 is 0.929 bits per heavy atom. The Balaban J connectivity index is 1.86. The number of nitrogens with two attached hydrogens (primary N) is 1. The highest BCUT2D eigenvalue weighted by Gasteiger charge is 2.18. The summed E-state index contributed by atoms with van der Waals surface area (Å²) in [6.07, 6.45) is 4.36. The van der Waals surface area contributed by atoms with Crippen molar-refractivity contribution in [3.63, 3.8) is 0 Å². The van der Waals surface area contributed by atoms with Crippen LogP contribution in [0.4, 0.5) is 5.82 Å². The molecule has 6 nitrogen and oxygen atoms in total. The number of hydrogen-bond acceptors (Lipinski definition) is 6.